The molecular weight excluding hydrogens is 415 g/mol. The van der Waals surface area contributed by atoms with Crippen LogP contribution in [0.25, 0.3) is 0 Å². The molecule has 2 aromatic rings. The number of nitrogens with zero attached hydrogens (tertiary/aromatic N) is 2. The molecular formula is C21H30Cl2N2O4. The highest BCUT2D eigenvalue weighted by Crippen LogP contribution is 2.28. The van der Waals surface area contributed by atoms with Gasteiger partial charge in [-0.3, -0.25) is 4.90 Å². The van der Waals surface area contributed by atoms with E-state index in [0.29, 0.717) is 12.3 Å². The summed E-state index contributed by atoms with van der Waals surface area (Å²) in [5.41, 5.74) is 1.13. The van der Waals surface area contributed by atoms with E-state index in [0.717, 1.165) is 43.4 Å². The van der Waals surface area contributed by atoms with Crippen molar-refractivity contribution in [2.24, 2.45) is 0 Å². The Morgan fingerprint density at radius 2 is 1.59 bits per heavy atom. The van der Waals surface area contributed by atoms with E-state index in [4.69, 9.17) is 14.2 Å². The summed E-state index contributed by atoms with van der Waals surface area (Å²) in [7, 11) is 3.33. The normalized spacial score (nSPS) is 14.9. The summed E-state index contributed by atoms with van der Waals surface area (Å²) in [4.78, 5) is 4.60. The van der Waals surface area contributed by atoms with Crippen molar-refractivity contribution >= 4 is 30.5 Å². The third kappa shape index (κ3) is 7.16. The van der Waals surface area contributed by atoms with Crippen LogP contribution in [0.5, 0.6) is 17.2 Å². The molecule has 1 aliphatic rings. The minimum atomic E-state index is -0.533. The van der Waals surface area contributed by atoms with Crippen LogP contribution < -0.4 is 19.1 Å². The van der Waals surface area contributed by atoms with Crippen LogP contribution in [0.3, 0.4) is 0 Å². The van der Waals surface area contributed by atoms with Crippen molar-refractivity contribution in [3.05, 3.63) is 48.5 Å². The average molecular weight is 445 g/mol. The first kappa shape index (κ1) is 25.2. The first-order valence-electron chi connectivity index (χ1n) is 9.25. The van der Waals surface area contributed by atoms with Gasteiger partial charge in [-0.15, -0.1) is 24.8 Å². The van der Waals surface area contributed by atoms with Gasteiger partial charge in [0.2, 0.25) is 0 Å². The summed E-state index contributed by atoms with van der Waals surface area (Å²) in [5, 5.41) is 10.3. The van der Waals surface area contributed by atoms with Crippen LogP contribution in [0.15, 0.2) is 48.5 Å². The number of piperazine rings is 1. The molecule has 3 rings (SSSR count). The lowest BCUT2D eigenvalue weighted by Crippen LogP contribution is -2.49. The predicted molar refractivity (Wildman–Crippen MR) is 121 cm³/mol. The molecule has 8 heteroatoms. The maximum atomic E-state index is 10.3. The first-order valence-corrected chi connectivity index (χ1v) is 9.25. The smallest absolute Gasteiger partial charge is 0.142 e. The fraction of sp³-hybridized carbons (Fsp3) is 0.429. The second kappa shape index (κ2) is 12.6. The lowest BCUT2D eigenvalue weighted by molar-refractivity contribution is 0.0662. The minimum absolute atomic E-state index is 0. The fourth-order valence-electron chi connectivity index (χ4n) is 3.30. The number of aliphatic hydroxyl groups excluding tert-OH is 1. The zero-order valence-electron chi connectivity index (χ0n) is 16.8. The van der Waals surface area contributed by atoms with Crippen molar-refractivity contribution in [1.29, 1.82) is 0 Å². The number of hydrogen-bond acceptors (Lipinski definition) is 6. The number of anilines is 1. The van der Waals surface area contributed by atoms with Crippen LogP contribution in [0.4, 0.5) is 5.69 Å². The lowest BCUT2D eigenvalue weighted by Gasteiger charge is -2.37. The molecule has 0 aromatic heterocycles. The SMILES string of the molecule is COc1cccc(OCC(O)CN2CCN(c3ccccc3OC)CC2)c1.Cl.Cl. The van der Waals surface area contributed by atoms with Gasteiger partial charge in [0.05, 0.1) is 19.9 Å². The Bertz CT molecular complexity index is 727. The molecule has 1 unspecified atom stereocenters. The van der Waals surface area contributed by atoms with Gasteiger partial charge in [-0.2, -0.15) is 0 Å². The van der Waals surface area contributed by atoms with Crippen LogP contribution in [0.2, 0.25) is 0 Å². The molecule has 1 N–H and O–H groups in total. The van der Waals surface area contributed by atoms with E-state index >= 15 is 0 Å². The summed E-state index contributed by atoms with van der Waals surface area (Å²) in [6.07, 6.45) is -0.533. The van der Waals surface area contributed by atoms with Gasteiger partial charge in [0.15, 0.2) is 0 Å². The summed E-state index contributed by atoms with van der Waals surface area (Å²) in [6, 6.07) is 15.5. The van der Waals surface area contributed by atoms with Crippen molar-refractivity contribution in [3.8, 4) is 17.2 Å². The molecule has 0 bridgehead atoms. The molecule has 1 atom stereocenters. The van der Waals surface area contributed by atoms with E-state index in [-0.39, 0.29) is 31.4 Å². The van der Waals surface area contributed by atoms with E-state index in [9.17, 15) is 5.11 Å². The van der Waals surface area contributed by atoms with E-state index < -0.39 is 6.10 Å². The van der Waals surface area contributed by atoms with Crippen molar-refractivity contribution in [2.45, 2.75) is 6.10 Å². The van der Waals surface area contributed by atoms with Gasteiger partial charge in [-0.25, -0.2) is 0 Å². The minimum Gasteiger partial charge on any atom is -0.497 e. The first-order chi connectivity index (χ1) is 13.2. The lowest BCUT2D eigenvalue weighted by atomic mass is 10.2. The van der Waals surface area contributed by atoms with Crippen molar-refractivity contribution in [3.63, 3.8) is 0 Å². The van der Waals surface area contributed by atoms with Crippen LogP contribution >= 0.6 is 24.8 Å². The zero-order valence-corrected chi connectivity index (χ0v) is 18.5. The third-order valence-corrected chi connectivity index (χ3v) is 4.75. The summed E-state index contributed by atoms with van der Waals surface area (Å²) in [6.45, 7) is 4.47. The van der Waals surface area contributed by atoms with Crippen molar-refractivity contribution in [1.82, 2.24) is 4.90 Å². The summed E-state index contributed by atoms with van der Waals surface area (Å²) >= 11 is 0. The molecule has 0 aliphatic carbocycles. The van der Waals surface area contributed by atoms with Crippen LogP contribution in [0, 0.1) is 0 Å². The highest BCUT2D eigenvalue weighted by atomic mass is 35.5. The van der Waals surface area contributed by atoms with Gasteiger partial charge in [0, 0.05) is 38.8 Å². The predicted octanol–water partition coefficient (Wildman–Crippen LogP) is 3.11. The topological polar surface area (TPSA) is 54.4 Å². The number of aliphatic hydroxyl groups is 1. The highest BCUT2D eigenvalue weighted by molar-refractivity contribution is 5.85. The molecule has 0 radical (unpaired) electrons. The van der Waals surface area contributed by atoms with Gasteiger partial charge in [-0.05, 0) is 24.3 Å². The Morgan fingerprint density at radius 3 is 2.28 bits per heavy atom. The molecule has 0 saturated carbocycles. The Morgan fingerprint density at radius 1 is 0.897 bits per heavy atom. The molecule has 0 spiro atoms. The number of β-amino-alcohol motifs (C(OH)–C–C–N with tert-alkyl or cyclic N) is 1. The van der Waals surface area contributed by atoms with E-state index in [1.54, 1.807) is 14.2 Å². The monoisotopic (exact) mass is 444 g/mol. The second-order valence-electron chi connectivity index (χ2n) is 6.60. The number of benzene rings is 2. The molecule has 2 aromatic carbocycles. The standard InChI is InChI=1S/C21H28N2O4.2ClH/c1-25-18-6-5-7-19(14-18)27-16-17(24)15-22-10-12-23(13-11-22)20-8-3-4-9-21(20)26-2;;/h3-9,14,17,24H,10-13,15-16H2,1-2H3;2*1H. The van der Waals surface area contributed by atoms with Crippen molar-refractivity contribution in [2.75, 3.05) is 58.5 Å². The van der Waals surface area contributed by atoms with Gasteiger partial charge < -0.3 is 24.2 Å². The summed E-state index contributed by atoms with van der Waals surface area (Å²) < 4.78 is 16.3. The molecule has 0 amide bonds. The number of halogens is 2. The number of rotatable bonds is 8. The zero-order chi connectivity index (χ0) is 19.1. The number of hydrogen-bond donors (Lipinski definition) is 1. The van der Waals surface area contributed by atoms with E-state index in [2.05, 4.69) is 15.9 Å². The molecule has 1 fully saturated rings. The third-order valence-electron chi connectivity index (χ3n) is 4.75. The van der Waals surface area contributed by atoms with Gasteiger partial charge in [0.1, 0.15) is 30.0 Å². The van der Waals surface area contributed by atoms with Gasteiger partial charge in [-0.1, -0.05) is 18.2 Å². The molecule has 162 valence electrons. The highest BCUT2D eigenvalue weighted by Gasteiger charge is 2.21. The van der Waals surface area contributed by atoms with Gasteiger partial charge in [0.25, 0.3) is 0 Å². The van der Waals surface area contributed by atoms with E-state index in [1.165, 1.54) is 0 Å². The van der Waals surface area contributed by atoms with Gasteiger partial charge >= 0.3 is 0 Å². The number of ether oxygens (including phenoxy) is 3. The number of para-hydroxylation sites is 2. The fourth-order valence-corrected chi connectivity index (χ4v) is 3.30. The molecule has 1 saturated heterocycles. The van der Waals surface area contributed by atoms with Crippen LogP contribution in [0.1, 0.15) is 0 Å². The second-order valence-corrected chi connectivity index (χ2v) is 6.60. The summed E-state index contributed by atoms with van der Waals surface area (Å²) in [5.74, 6) is 2.35. The van der Waals surface area contributed by atoms with Crippen molar-refractivity contribution < 1.29 is 19.3 Å². The maximum Gasteiger partial charge on any atom is 0.142 e. The Balaban J connectivity index is 0.00000210. The Kier molecular flexibility index (Phi) is 11.0. The molecule has 29 heavy (non-hydrogen) atoms. The average Bonchev–Trinajstić information content (AvgIpc) is 2.73. The largest absolute Gasteiger partial charge is 0.497 e. The molecule has 6 nitrogen and oxygen atoms in total. The Labute approximate surface area is 185 Å². The van der Waals surface area contributed by atoms with Crippen LogP contribution in [-0.2, 0) is 0 Å². The molecule has 1 aliphatic heterocycles. The molecule has 1 heterocycles. The van der Waals surface area contributed by atoms with Crippen LogP contribution in [-0.4, -0.2) is 69.7 Å². The van der Waals surface area contributed by atoms with E-state index in [1.807, 2.05) is 42.5 Å². The number of methoxy groups -OCH3 is 2. The quantitative estimate of drug-likeness (QED) is 0.674. The Hall–Kier alpha value is -1.86. The maximum absolute atomic E-state index is 10.3.